The Balaban J connectivity index is 1.68. The molecule has 0 bridgehead atoms. The lowest BCUT2D eigenvalue weighted by molar-refractivity contribution is 0.411. The van der Waals surface area contributed by atoms with Crippen molar-refractivity contribution in [2.75, 3.05) is 7.11 Å². The highest BCUT2D eigenvalue weighted by atomic mass is 32.2. The van der Waals surface area contributed by atoms with Crippen LogP contribution in [0.4, 0.5) is 0 Å². The lowest BCUT2D eigenvalue weighted by atomic mass is 10.1. The van der Waals surface area contributed by atoms with Crippen LogP contribution in [0.25, 0.3) is 0 Å². The highest BCUT2D eigenvalue weighted by Gasteiger charge is 2.27. The zero-order chi connectivity index (χ0) is 13.2. The van der Waals surface area contributed by atoms with Gasteiger partial charge >= 0.3 is 0 Å². The molecule has 0 N–H and O–H groups in total. The van der Waals surface area contributed by atoms with Crippen LogP contribution < -0.4 is 4.74 Å². The Morgan fingerprint density at radius 3 is 3.00 bits per heavy atom. The van der Waals surface area contributed by atoms with Crippen LogP contribution in [0.1, 0.15) is 35.7 Å². The fraction of sp³-hybridized carbons (Fsp3) is 0.429. The molecule has 5 heteroatoms. The first-order chi connectivity index (χ1) is 9.26. The van der Waals surface area contributed by atoms with Crippen molar-refractivity contribution in [2.24, 2.45) is 0 Å². The molecule has 100 valence electrons. The molecular formula is C14H16N2OS2. The molecule has 0 radical (unpaired) electrons. The Morgan fingerprint density at radius 1 is 1.42 bits per heavy atom. The molecule has 1 fully saturated rings. The molecule has 0 unspecified atom stereocenters. The van der Waals surface area contributed by atoms with Gasteiger partial charge in [0.2, 0.25) is 0 Å². The average Bonchev–Trinajstić information content (AvgIpc) is 3.16. The van der Waals surface area contributed by atoms with E-state index in [1.165, 1.54) is 35.5 Å². The van der Waals surface area contributed by atoms with Gasteiger partial charge in [0.25, 0.3) is 0 Å². The van der Waals surface area contributed by atoms with Gasteiger partial charge in [-0.15, -0.1) is 0 Å². The lowest BCUT2D eigenvalue weighted by Gasteiger charge is -2.08. The molecule has 3 nitrogen and oxygen atoms in total. The molecule has 0 spiro atoms. The van der Waals surface area contributed by atoms with E-state index in [1.54, 1.807) is 18.9 Å². The topological polar surface area (TPSA) is 35.0 Å². The van der Waals surface area contributed by atoms with Crippen molar-refractivity contribution < 1.29 is 4.74 Å². The van der Waals surface area contributed by atoms with E-state index in [0.29, 0.717) is 5.92 Å². The van der Waals surface area contributed by atoms with E-state index in [1.807, 2.05) is 6.07 Å². The van der Waals surface area contributed by atoms with Crippen molar-refractivity contribution in [3.05, 3.63) is 35.2 Å². The number of hydrogen-bond donors (Lipinski definition) is 0. The Hall–Kier alpha value is -1.07. The second-order valence-corrected chi connectivity index (χ2v) is 6.77. The number of nitrogens with zero attached hydrogens (tertiary/aromatic N) is 2. The summed E-state index contributed by atoms with van der Waals surface area (Å²) in [5, 5.41) is 0. The summed E-state index contributed by atoms with van der Waals surface area (Å²) in [6.07, 6.45) is 2.51. The summed E-state index contributed by atoms with van der Waals surface area (Å²) >= 11 is 3.26. The maximum absolute atomic E-state index is 5.40. The lowest BCUT2D eigenvalue weighted by Crippen LogP contribution is -1.91. The van der Waals surface area contributed by atoms with Crippen LogP contribution >= 0.6 is 23.3 Å². The largest absolute Gasteiger partial charge is 0.496 e. The molecule has 3 rings (SSSR count). The van der Waals surface area contributed by atoms with Gasteiger partial charge in [-0.2, -0.15) is 4.37 Å². The quantitative estimate of drug-likeness (QED) is 0.780. The van der Waals surface area contributed by atoms with Gasteiger partial charge in [-0.25, -0.2) is 4.98 Å². The summed E-state index contributed by atoms with van der Waals surface area (Å²) in [7, 11) is 1.72. The fourth-order valence-corrected chi connectivity index (χ4v) is 3.60. The monoisotopic (exact) mass is 292 g/mol. The molecule has 0 saturated heterocycles. The van der Waals surface area contributed by atoms with Gasteiger partial charge in [-0.05, 0) is 37.4 Å². The molecule has 0 amide bonds. The minimum atomic E-state index is 0.638. The highest BCUT2D eigenvalue weighted by molar-refractivity contribution is 8.00. The van der Waals surface area contributed by atoms with Crippen molar-refractivity contribution in [3.63, 3.8) is 0 Å². The molecule has 1 saturated carbocycles. The van der Waals surface area contributed by atoms with Gasteiger partial charge < -0.3 is 4.74 Å². The second-order valence-electron chi connectivity index (χ2n) is 4.80. The van der Waals surface area contributed by atoms with Gasteiger partial charge in [-0.1, -0.05) is 29.5 Å². The Kier molecular flexibility index (Phi) is 3.75. The first kappa shape index (κ1) is 12.9. The number of rotatable bonds is 5. The van der Waals surface area contributed by atoms with Crippen molar-refractivity contribution >= 4 is 23.3 Å². The Labute approximate surface area is 121 Å². The predicted octanol–water partition coefficient (Wildman–Crippen LogP) is 4.02. The SMILES string of the molecule is COc1ccc(C)cc1CSc1nc(C2CC2)ns1. The number of benzene rings is 1. The number of aromatic nitrogens is 2. The molecule has 1 aliphatic carbocycles. The van der Waals surface area contributed by atoms with Crippen molar-refractivity contribution in [1.29, 1.82) is 0 Å². The van der Waals surface area contributed by atoms with Gasteiger partial charge in [0.1, 0.15) is 11.6 Å². The predicted molar refractivity (Wildman–Crippen MR) is 79.2 cm³/mol. The minimum absolute atomic E-state index is 0.638. The van der Waals surface area contributed by atoms with Crippen molar-refractivity contribution in [3.8, 4) is 5.75 Å². The molecule has 1 aromatic heterocycles. The van der Waals surface area contributed by atoms with E-state index in [0.717, 1.165) is 21.7 Å². The molecule has 0 atom stereocenters. The number of methoxy groups -OCH3 is 1. The van der Waals surface area contributed by atoms with Gasteiger partial charge in [0, 0.05) is 17.2 Å². The van der Waals surface area contributed by atoms with Crippen molar-refractivity contribution in [2.45, 2.75) is 35.8 Å². The molecule has 19 heavy (non-hydrogen) atoms. The van der Waals surface area contributed by atoms with Crippen molar-refractivity contribution in [1.82, 2.24) is 9.36 Å². The smallest absolute Gasteiger partial charge is 0.170 e. The number of thioether (sulfide) groups is 1. The standard InChI is InChI=1S/C14H16N2OS2/c1-9-3-6-12(17-2)11(7-9)8-18-14-15-13(16-19-14)10-4-5-10/h3,6-7,10H,4-5,8H2,1-2H3. The van der Waals surface area contributed by atoms with Crippen LogP contribution in [0.15, 0.2) is 22.5 Å². The summed E-state index contributed by atoms with van der Waals surface area (Å²) in [5.41, 5.74) is 2.48. The van der Waals surface area contributed by atoms with E-state index in [9.17, 15) is 0 Å². The summed E-state index contributed by atoms with van der Waals surface area (Å²) in [6, 6.07) is 6.28. The first-order valence-corrected chi connectivity index (χ1v) is 8.12. The van der Waals surface area contributed by atoms with E-state index in [-0.39, 0.29) is 0 Å². The zero-order valence-electron chi connectivity index (χ0n) is 11.0. The molecule has 1 aromatic carbocycles. The third-order valence-corrected chi connectivity index (χ3v) is 5.05. The first-order valence-electron chi connectivity index (χ1n) is 6.36. The Bertz CT molecular complexity index is 579. The second kappa shape index (κ2) is 5.51. The van der Waals surface area contributed by atoms with E-state index < -0.39 is 0 Å². The van der Waals surface area contributed by atoms with Crippen LogP contribution in [-0.2, 0) is 5.75 Å². The zero-order valence-corrected chi connectivity index (χ0v) is 12.7. The fourth-order valence-electron chi connectivity index (χ4n) is 1.95. The van der Waals surface area contributed by atoms with Crippen LogP contribution in [0.2, 0.25) is 0 Å². The number of ether oxygens (including phenoxy) is 1. The molecule has 2 aromatic rings. The van der Waals surface area contributed by atoms with E-state index >= 15 is 0 Å². The molecule has 1 heterocycles. The van der Waals surface area contributed by atoms with E-state index in [4.69, 9.17) is 4.74 Å². The maximum atomic E-state index is 5.40. The summed E-state index contributed by atoms with van der Waals surface area (Å²) < 4.78 is 10.9. The summed E-state index contributed by atoms with van der Waals surface area (Å²) in [5.74, 6) is 3.51. The van der Waals surface area contributed by atoms with Gasteiger partial charge in [0.15, 0.2) is 4.34 Å². The van der Waals surface area contributed by atoms with Crippen LogP contribution in [0, 0.1) is 6.92 Å². The number of hydrogen-bond acceptors (Lipinski definition) is 5. The molecule has 0 aliphatic heterocycles. The third-order valence-electron chi connectivity index (χ3n) is 3.15. The molecule has 1 aliphatic rings. The van der Waals surface area contributed by atoms with Crippen LogP contribution in [-0.4, -0.2) is 16.5 Å². The summed E-state index contributed by atoms with van der Waals surface area (Å²) in [6.45, 7) is 2.10. The van der Waals surface area contributed by atoms with Gasteiger partial charge in [0.05, 0.1) is 7.11 Å². The summed E-state index contributed by atoms with van der Waals surface area (Å²) in [4.78, 5) is 4.59. The minimum Gasteiger partial charge on any atom is -0.496 e. The third kappa shape index (κ3) is 3.09. The maximum Gasteiger partial charge on any atom is 0.170 e. The molecular weight excluding hydrogens is 276 g/mol. The number of aryl methyl sites for hydroxylation is 1. The van der Waals surface area contributed by atoms with Crippen LogP contribution in [0.3, 0.4) is 0 Å². The highest BCUT2D eigenvalue weighted by Crippen LogP contribution is 2.40. The van der Waals surface area contributed by atoms with E-state index in [2.05, 4.69) is 28.4 Å². The average molecular weight is 292 g/mol. The van der Waals surface area contributed by atoms with Crippen LogP contribution in [0.5, 0.6) is 5.75 Å². The van der Waals surface area contributed by atoms with Gasteiger partial charge in [-0.3, -0.25) is 0 Å². The Morgan fingerprint density at radius 2 is 2.26 bits per heavy atom. The normalized spacial score (nSPS) is 14.6.